The van der Waals surface area contributed by atoms with E-state index in [0.29, 0.717) is 0 Å². The van der Waals surface area contributed by atoms with Gasteiger partial charge in [-0.05, 0) is 7.05 Å². The molecule has 0 aromatic heterocycles. The molecule has 0 aliphatic rings. The van der Waals surface area contributed by atoms with Crippen LogP contribution in [0, 0.1) is 0 Å². The lowest BCUT2D eigenvalue weighted by Gasteiger charge is -2.20. The van der Waals surface area contributed by atoms with Crippen LogP contribution in [-0.4, -0.2) is 64.7 Å². The van der Waals surface area contributed by atoms with Crippen LogP contribution in [0.25, 0.3) is 0 Å². The molecule has 0 spiro atoms. The molecule has 86 valence electrons. The fourth-order valence-corrected chi connectivity index (χ4v) is 0.788. The SMILES string of the molecule is CNCC(=O)[C@@H](O)[C@H](O)[C@H](O)CO.Cl. The third-order valence-electron chi connectivity index (χ3n) is 1.59. The average molecular weight is 230 g/mol. The Bertz CT molecular complexity index is 168. The van der Waals surface area contributed by atoms with Gasteiger partial charge in [-0.3, -0.25) is 4.79 Å². The Kier molecular flexibility index (Phi) is 9.37. The molecule has 0 aliphatic heterocycles. The number of carbonyl (C=O) groups is 1. The zero-order valence-corrected chi connectivity index (χ0v) is 8.57. The van der Waals surface area contributed by atoms with Gasteiger partial charge in [-0.2, -0.15) is 0 Å². The van der Waals surface area contributed by atoms with E-state index in [1.54, 1.807) is 0 Å². The molecule has 0 heterocycles. The maximum absolute atomic E-state index is 10.9. The first kappa shape index (κ1) is 16.2. The van der Waals surface area contributed by atoms with Gasteiger partial charge in [0, 0.05) is 0 Å². The summed E-state index contributed by atoms with van der Waals surface area (Å²) in [6.45, 7) is -0.804. The highest BCUT2D eigenvalue weighted by atomic mass is 35.5. The topological polar surface area (TPSA) is 110 Å². The number of halogens is 1. The summed E-state index contributed by atoms with van der Waals surface area (Å²) < 4.78 is 0. The molecule has 0 unspecified atom stereocenters. The number of hydrogen-bond donors (Lipinski definition) is 5. The summed E-state index contributed by atoms with van der Waals surface area (Å²) in [5.74, 6) is -0.637. The van der Waals surface area contributed by atoms with Crippen LogP contribution in [0.15, 0.2) is 0 Å². The third kappa shape index (κ3) is 4.85. The van der Waals surface area contributed by atoms with Gasteiger partial charge in [-0.25, -0.2) is 0 Å². The van der Waals surface area contributed by atoms with Gasteiger partial charge in [-0.15, -0.1) is 12.4 Å². The molecule has 3 atom stereocenters. The molecular weight excluding hydrogens is 214 g/mol. The summed E-state index contributed by atoms with van der Waals surface area (Å²) in [5.41, 5.74) is 0. The minimum absolute atomic E-state index is 0. The molecule has 5 N–H and O–H groups in total. The third-order valence-corrected chi connectivity index (χ3v) is 1.59. The van der Waals surface area contributed by atoms with E-state index in [1.807, 2.05) is 0 Å². The van der Waals surface area contributed by atoms with Crippen LogP contribution in [0.4, 0.5) is 0 Å². The number of hydrogen-bond acceptors (Lipinski definition) is 6. The molecule has 0 aromatic rings. The highest BCUT2D eigenvalue weighted by Crippen LogP contribution is 2.00. The van der Waals surface area contributed by atoms with E-state index in [-0.39, 0.29) is 19.0 Å². The number of Topliss-reactive ketones (excluding diaryl/α,β-unsaturated/α-hetero) is 1. The normalized spacial score (nSPS) is 16.6. The van der Waals surface area contributed by atoms with Crippen LogP contribution < -0.4 is 5.32 Å². The standard InChI is InChI=1S/C7H15NO5.ClH/c1-8-2-4(10)6(12)7(13)5(11)3-9;/h5-9,11-13H,2-3H2,1H3;1H/t5-,6-,7-;/m1./s1. The van der Waals surface area contributed by atoms with Gasteiger partial charge < -0.3 is 25.7 Å². The van der Waals surface area contributed by atoms with Crippen molar-refractivity contribution >= 4 is 18.2 Å². The van der Waals surface area contributed by atoms with E-state index in [0.717, 1.165) is 0 Å². The molecule has 0 rings (SSSR count). The Morgan fingerprint density at radius 2 is 1.86 bits per heavy atom. The Hall–Kier alpha value is -0.240. The van der Waals surface area contributed by atoms with Gasteiger partial charge in [0.05, 0.1) is 13.2 Å². The minimum atomic E-state index is -1.67. The highest BCUT2D eigenvalue weighted by molar-refractivity contribution is 5.85. The second kappa shape index (κ2) is 8.10. The number of nitrogens with one attached hydrogen (secondary N) is 1. The van der Waals surface area contributed by atoms with Gasteiger partial charge in [0.2, 0.25) is 0 Å². The van der Waals surface area contributed by atoms with Crippen molar-refractivity contribution in [1.29, 1.82) is 0 Å². The summed E-state index contributed by atoms with van der Waals surface area (Å²) in [6, 6.07) is 0. The Labute approximate surface area is 88.0 Å². The molecule has 14 heavy (non-hydrogen) atoms. The number of ketones is 1. The van der Waals surface area contributed by atoms with E-state index < -0.39 is 30.7 Å². The summed E-state index contributed by atoms with van der Waals surface area (Å²) in [7, 11) is 1.51. The maximum Gasteiger partial charge on any atom is 0.177 e. The molecule has 0 aromatic carbocycles. The molecule has 0 saturated carbocycles. The molecule has 0 amide bonds. The second-order valence-corrected chi connectivity index (χ2v) is 2.68. The Morgan fingerprint density at radius 3 is 2.21 bits per heavy atom. The summed E-state index contributed by atoms with van der Waals surface area (Å²) in [6.07, 6.45) is -4.82. The molecular formula is C7H16ClNO5. The fraction of sp³-hybridized carbons (Fsp3) is 0.857. The van der Waals surface area contributed by atoms with Crippen molar-refractivity contribution in [2.75, 3.05) is 20.2 Å². The van der Waals surface area contributed by atoms with Crippen molar-refractivity contribution < 1.29 is 25.2 Å². The molecule has 7 heteroatoms. The quantitative estimate of drug-likeness (QED) is 0.338. The molecule has 0 saturated heterocycles. The van der Waals surface area contributed by atoms with E-state index in [4.69, 9.17) is 20.4 Å². The Balaban J connectivity index is 0. The first-order valence-corrected chi connectivity index (χ1v) is 3.87. The van der Waals surface area contributed by atoms with Gasteiger partial charge in [0.25, 0.3) is 0 Å². The first-order chi connectivity index (χ1) is 6.04. The molecule has 0 aliphatic carbocycles. The van der Waals surface area contributed by atoms with Gasteiger partial charge >= 0.3 is 0 Å². The van der Waals surface area contributed by atoms with Crippen LogP contribution in [-0.2, 0) is 4.79 Å². The molecule has 0 bridgehead atoms. The minimum Gasteiger partial charge on any atom is -0.394 e. The molecule has 0 fully saturated rings. The van der Waals surface area contributed by atoms with Gasteiger partial charge in [0.15, 0.2) is 5.78 Å². The van der Waals surface area contributed by atoms with Crippen LogP contribution in [0.1, 0.15) is 0 Å². The Morgan fingerprint density at radius 1 is 1.36 bits per heavy atom. The van der Waals surface area contributed by atoms with Crippen LogP contribution >= 0.6 is 12.4 Å². The maximum atomic E-state index is 10.9. The van der Waals surface area contributed by atoms with E-state index >= 15 is 0 Å². The highest BCUT2D eigenvalue weighted by Gasteiger charge is 2.28. The van der Waals surface area contributed by atoms with Crippen molar-refractivity contribution in [3.63, 3.8) is 0 Å². The summed E-state index contributed by atoms with van der Waals surface area (Å²) in [5, 5.41) is 38.0. The van der Waals surface area contributed by atoms with Crippen molar-refractivity contribution in [2.24, 2.45) is 0 Å². The van der Waals surface area contributed by atoms with Crippen molar-refractivity contribution in [3.05, 3.63) is 0 Å². The van der Waals surface area contributed by atoms with Crippen LogP contribution in [0.5, 0.6) is 0 Å². The summed E-state index contributed by atoms with van der Waals surface area (Å²) in [4.78, 5) is 10.9. The number of aliphatic hydroxyl groups is 4. The number of carbonyl (C=O) groups excluding carboxylic acids is 1. The van der Waals surface area contributed by atoms with Crippen molar-refractivity contribution in [1.82, 2.24) is 5.32 Å². The van der Waals surface area contributed by atoms with Crippen LogP contribution in [0.2, 0.25) is 0 Å². The average Bonchev–Trinajstić information content (AvgIpc) is 2.14. The van der Waals surface area contributed by atoms with Gasteiger partial charge in [-0.1, -0.05) is 0 Å². The number of rotatable bonds is 6. The van der Waals surface area contributed by atoms with Gasteiger partial charge in [0.1, 0.15) is 18.3 Å². The lowest BCUT2D eigenvalue weighted by atomic mass is 10.0. The first-order valence-electron chi connectivity index (χ1n) is 3.87. The monoisotopic (exact) mass is 229 g/mol. The van der Waals surface area contributed by atoms with E-state index in [2.05, 4.69) is 5.32 Å². The smallest absolute Gasteiger partial charge is 0.177 e. The van der Waals surface area contributed by atoms with Crippen molar-refractivity contribution in [2.45, 2.75) is 18.3 Å². The van der Waals surface area contributed by atoms with E-state index in [9.17, 15) is 4.79 Å². The lowest BCUT2D eigenvalue weighted by Crippen LogP contribution is -2.46. The van der Waals surface area contributed by atoms with E-state index in [1.165, 1.54) is 7.05 Å². The zero-order chi connectivity index (χ0) is 10.4. The number of likely N-dealkylation sites (N-methyl/N-ethyl adjacent to an activating group) is 1. The van der Waals surface area contributed by atoms with Crippen molar-refractivity contribution in [3.8, 4) is 0 Å². The fourth-order valence-electron chi connectivity index (χ4n) is 0.788. The number of aliphatic hydroxyl groups excluding tert-OH is 4. The largest absolute Gasteiger partial charge is 0.394 e. The van der Waals surface area contributed by atoms with Crippen LogP contribution in [0.3, 0.4) is 0 Å². The predicted octanol–water partition coefficient (Wildman–Crippen LogP) is -2.73. The zero-order valence-electron chi connectivity index (χ0n) is 7.75. The molecule has 6 nitrogen and oxygen atoms in total. The summed E-state index contributed by atoms with van der Waals surface area (Å²) >= 11 is 0. The molecule has 0 radical (unpaired) electrons. The predicted molar refractivity (Wildman–Crippen MR) is 51.3 cm³/mol. The lowest BCUT2D eigenvalue weighted by molar-refractivity contribution is -0.139. The second-order valence-electron chi connectivity index (χ2n) is 2.68.